The molecule has 1 aromatic carbocycles. The van der Waals surface area contributed by atoms with Crippen molar-refractivity contribution in [1.29, 1.82) is 0 Å². The van der Waals surface area contributed by atoms with Crippen LogP contribution in [0.2, 0.25) is 0 Å². The van der Waals surface area contributed by atoms with Gasteiger partial charge in [0.1, 0.15) is 12.4 Å². The maximum atomic E-state index is 12.8. The molecule has 0 bridgehead atoms. The summed E-state index contributed by atoms with van der Waals surface area (Å²) in [5, 5.41) is 11.5. The first-order valence-electron chi connectivity index (χ1n) is 7.83. The van der Waals surface area contributed by atoms with Gasteiger partial charge in [0.25, 0.3) is 0 Å². The third-order valence-corrected chi connectivity index (χ3v) is 3.96. The van der Waals surface area contributed by atoms with Crippen molar-refractivity contribution in [3.8, 4) is 5.75 Å². The van der Waals surface area contributed by atoms with Crippen molar-refractivity contribution in [2.75, 3.05) is 26.2 Å². The molecule has 1 aliphatic rings. The van der Waals surface area contributed by atoms with Crippen molar-refractivity contribution in [1.82, 2.24) is 10.2 Å². The molecule has 0 radical (unpaired) electrons. The van der Waals surface area contributed by atoms with E-state index in [2.05, 4.69) is 5.32 Å². The van der Waals surface area contributed by atoms with E-state index in [1.165, 1.54) is 23.1 Å². The Morgan fingerprint density at radius 2 is 1.88 bits per heavy atom. The van der Waals surface area contributed by atoms with Crippen molar-refractivity contribution in [2.45, 2.75) is 19.0 Å². The number of carboxylic acids is 1. The molecule has 6 nitrogen and oxygen atoms in total. The molecule has 0 unspecified atom stereocenters. The van der Waals surface area contributed by atoms with Crippen molar-refractivity contribution in [3.05, 3.63) is 29.8 Å². The minimum absolute atomic E-state index is 0.0455. The maximum absolute atomic E-state index is 12.8. The Bertz CT molecular complexity index is 614. The summed E-state index contributed by atoms with van der Waals surface area (Å²) < 4.78 is 43.6. The number of ether oxygens (including phenoxy) is 1. The summed E-state index contributed by atoms with van der Waals surface area (Å²) in [6.07, 6.45) is -3.73. The maximum Gasteiger partial charge on any atom is 0.419 e. The van der Waals surface area contributed by atoms with Crippen molar-refractivity contribution in [3.63, 3.8) is 0 Å². The number of hydrogen-bond donors (Lipinski definition) is 2. The van der Waals surface area contributed by atoms with E-state index >= 15 is 0 Å². The summed E-state index contributed by atoms with van der Waals surface area (Å²) in [7, 11) is 0. The van der Waals surface area contributed by atoms with Gasteiger partial charge in [0.2, 0.25) is 0 Å². The lowest BCUT2D eigenvalue weighted by Crippen LogP contribution is -2.46. The number of hydrogen-bond acceptors (Lipinski definition) is 3. The number of alkyl halides is 3. The topological polar surface area (TPSA) is 78.9 Å². The van der Waals surface area contributed by atoms with Crippen LogP contribution >= 0.6 is 0 Å². The molecule has 25 heavy (non-hydrogen) atoms. The number of urea groups is 1. The fourth-order valence-electron chi connectivity index (χ4n) is 2.59. The highest BCUT2D eigenvalue weighted by Gasteiger charge is 2.34. The molecule has 1 aliphatic heterocycles. The van der Waals surface area contributed by atoms with E-state index in [0.717, 1.165) is 6.07 Å². The van der Waals surface area contributed by atoms with E-state index in [4.69, 9.17) is 9.84 Å². The van der Waals surface area contributed by atoms with E-state index in [-0.39, 0.29) is 24.9 Å². The zero-order chi connectivity index (χ0) is 18.4. The summed E-state index contributed by atoms with van der Waals surface area (Å²) in [5.41, 5.74) is -0.864. The standard InChI is InChI=1S/C16H19F3N2O4/c17-16(18,19)12-3-1-2-4-13(12)25-10-7-20-15(24)21-8-5-11(6-9-21)14(22)23/h1-4,11H,5-10H2,(H,20,24)(H,22,23). The van der Waals surface area contributed by atoms with Gasteiger partial charge in [0, 0.05) is 13.1 Å². The number of likely N-dealkylation sites (tertiary alicyclic amines) is 1. The molecule has 0 spiro atoms. The van der Waals surface area contributed by atoms with Crippen LogP contribution in [0.15, 0.2) is 24.3 Å². The molecule has 0 aliphatic carbocycles. The van der Waals surface area contributed by atoms with Crippen molar-refractivity contribution >= 4 is 12.0 Å². The number of carbonyl (C=O) groups excluding carboxylic acids is 1. The van der Waals surface area contributed by atoms with Gasteiger partial charge < -0.3 is 20.1 Å². The zero-order valence-corrected chi connectivity index (χ0v) is 13.4. The quantitative estimate of drug-likeness (QED) is 0.791. The molecule has 1 fully saturated rings. The van der Waals surface area contributed by atoms with E-state index in [9.17, 15) is 22.8 Å². The molecule has 138 valence electrons. The lowest BCUT2D eigenvalue weighted by atomic mass is 9.97. The molecular weight excluding hydrogens is 341 g/mol. The Balaban J connectivity index is 1.75. The van der Waals surface area contributed by atoms with Crippen LogP contribution in [0.1, 0.15) is 18.4 Å². The number of nitrogens with zero attached hydrogens (tertiary/aromatic N) is 1. The number of rotatable bonds is 5. The number of carbonyl (C=O) groups is 2. The predicted octanol–water partition coefficient (Wildman–Crippen LogP) is 2.59. The first kappa shape index (κ1) is 18.9. The molecular formula is C16H19F3N2O4. The van der Waals surface area contributed by atoms with Crippen LogP contribution in [0, 0.1) is 5.92 Å². The Morgan fingerprint density at radius 1 is 1.24 bits per heavy atom. The van der Waals surface area contributed by atoms with Gasteiger partial charge in [-0.05, 0) is 25.0 Å². The molecule has 2 amide bonds. The number of carboxylic acid groups (broad SMARTS) is 1. The van der Waals surface area contributed by atoms with E-state index in [0.29, 0.717) is 25.9 Å². The molecule has 2 rings (SSSR count). The number of halogens is 3. The Hall–Kier alpha value is -2.45. The fraction of sp³-hybridized carbons (Fsp3) is 0.500. The smallest absolute Gasteiger partial charge is 0.419 e. The molecule has 1 aromatic rings. The van der Waals surface area contributed by atoms with Crippen LogP contribution in [0.25, 0.3) is 0 Å². The number of benzene rings is 1. The number of para-hydroxylation sites is 1. The molecule has 1 saturated heterocycles. The van der Waals surface area contributed by atoms with Crippen molar-refractivity contribution < 1.29 is 32.6 Å². The van der Waals surface area contributed by atoms with Gasteiger partial charge in [-0.25, -0.2) is 4.79 Å². The Labute approximate surface area is 142 Å². The summed E-state index contributed by atoms with van der Waals surface area (Å²) in [6, 6.07) is 4.49. The minimum Gasteiger partial charge on any atom is -0.491 e. The van der Waals surface area contributed by atoms with Crippen LogP contribution in [0.5, 0.6) is 5.75 Å². The highest BCUT2D eigenvalue weighted by Crippen LogP contribution is 2.35. The van der Waals surface area contributed by atoms with Gasteiger partial charge in [0.05, 0.1) is 18.0 Å². The largest absolute Gasteiger partial charge is 0.491 e. The third kappa shape index (κ3) is 5.27. The second kappa shape index (κ2) is 8.09. The third-order valence-electron chi connectivity index (χ3n) is 3.96. The highest BCUT2D eigenvalue weighted by atomic mass is 19.4. The van der Waals surface area contributed by atoms with Crippen LogP contribution in [0.4, 0.5) is 18.0 Å². The number of aliphatic carboxylic acids is 1. The van der Waals surface area contributed by atoms with Crippen molar-refractivity contribution in [2.24, 2.45) is 5.92 Å². The number of piperidine rings is 1. The summed E-state index contributed by atoms with van der Waals surface area (Å²) in [6.45, 7) is 0.607. The second-order valence-electron chi connectivity index (χ2n) is 5.67. The van der Waals surface area contributed by atoms with Crippen LogP contribution in [-0.4, -0.2) is 48.2 Å². The van der Waals surface area contributed by atoms with E-state index < -0.39 is 23.6 Å². The summed E-state index contributed by atoms with van der Waals surface area (Å²) in [4.78, 5) is 24.3. The van der Waals surface area contributed by atoms with E-state index in [1.54, 1.807) is 0 Å². The molecule has 0 atom stereocenters. The van der Waals surface area contributed by atoms with Gasteiger partial charge in [-0.3, -0.25) is 4.79 Å². The lowest BCUT2D eigenvalue weighted by Gasteiger charge is -2.30. The first-order chi connectivity index (χ1) is 11.8. The molecule has 0 aromatic heterocycles. The lowest BCUT2D eigenvalue weighted by molar-refractivity contribution is -0.143. The average Bonchev–Trinajstić information content (AvgIpc) is 2.58. The van der Waals surface area contributed by atoms with Gasteiger partial charge in [-0.1, -0.05) is 12.1 Å². The number of nitrogens with one attached hydrogen (secondary N) is 1. The van der Waals surface area contributed by atoms with Gasteiger partial charge in [0.15, 0.2) is 0 Å². The minimum atomic E-state index is -4.51. The van der Waals surface area contributed by atoms with Crippen LogP contribution < -0.4 is 10.1 Å². The average molecular weight is 360 g/mol. The van der Waals surface area contributed by atoms with Gasteiger partial charge >= 0.3 is 18.2 Å². The zero-order valence-electron chi connectivity index (χ0n) is 13.4. The second-order valence-corrected chi connectivity index (χ2v) is 5.67. The molecule has 1 heterocycles. The van der Waals surface area contributed by atoms with Crippen LogP contribution in [0.3, 0.4) is 0 Å². The Kier molecular flexibility index (Phi) is 6.11. The highest BCUT2D eigenvalue weighted by molar-refractivity contribution is 5.75. The van der Waals surface area contributed by atoms with Crippen LogP contribution in [-0.2, 0) is 11.0 Å². The molecule has 9 heteroatoms. The van der Waals surface area contributed by atoms with E-state index in [1.807, 2.05) is 0 Å². The predicted molar refractivity (Wildman–Crippen MR) is 82.3 cm³/mol. The molecule has 0 saturated carbocycles. The van der Waals surface area contributed by atoms with Gasteiger partial charge in [-0.15, -0.1) is 0 Å². The molecule has 2 N–H and O–H groups in total. The monoisotopic (exact) mass is 360 g/mol. The SMILES string of the molecule is O=C(O)C1CCN(C(=O)NCCOc2ccccc2C(F)(F)F)CC1. The Morgan fingerprint density at radius 3 is 2.48 bits per heavy atom. The fourth-order valence-corrected chi connectivity index (χ4v) is 2.59. The summed E-state index contributed by atoms with van der Waals surface area (Å²) >= 11 is 0. The first-order valence-corrected chi connectivity index (χ1v) is 7.83. The van der Waals surface area contributed by atoms with Gasteiger partial charge in [-0.2, -0.15) is 13.2 Å². The number of amides is 2. The summed E-state index contributed by atoms with van der Waals surface area (Å²) in [5.74, 6) is -1.59. The normalized spacial score (nSPS) is 15.7.